The monoisotopic (exact) mass is 442 g/mol. The maximum Gasteiger partial charge on any atom is 0.269 e. The van der Waals surface area contributed by atoms with E-state index in [1.165, 1.54) is 10.1 Å². The largest absolute Gasteiger partial charge is 0.348 e. The van der Waals surface area contributed by atoms with Crippen molar-refractivity contribution in [2.75, 3.05) is 5.32 Å². The van der Waals surface area contributed by atoms with Crippen LogP contribution < -0.4 is 16.2 Å². The molecule has 3 aromatic rings. The lowest BCUT2D eigenvalue weighted by Crippen LogP contribution is -2.31. The van der Waals surface area contributed by atoms with Crippen molar-refractivity contribution in [1.82, 2.24) is 9.88 Å². The number of benzene rings is 2. The van der Waals surface area contributed by atoms with Gasteiger partial charge in [0.05, 0.1) is 0 Å². The second kappa shape index (κ2) is 10.4. The number of nitrogens with one attached hydrogen (secondary N) is 2. The van der Waals surface area contributed by atoms with Gasteiger partial charge in [-0.1, -0.05) is 31.2 Å². The fraction of sp³-hybridized carbons (Fsp3) is 0.231. The van der Waals surface area contributed by atoms with Crippen LogP contribution in [0.15, 0.2) is 59.4 Å². The standard InChI is InChI=1S/C26H26N4O3/c1-4-19-5-7-20(8-6-19)15-28-25(32)21-9-11-22(12-10-21)29-24(31)16-30-18(3)13-17(2)23(14-27)26(30)33/h5-13H,4,15-16H2,1-3H3,(H,28,32)(H,29,31). The molecule has 7 nitrogen and oxygen atoms in total. The molecule has 0 aliphatic heterocycles. The number of hydrogen-bond acceptors (Lipinski definition) is 4. The molecule has 0 spiro atoms. The molecule has 3 rings (SSSR count). The van der Waals surface area contributed by atoms with E-state index >= 15 is 0 Å². The van der Waals surface area contributed by atoms with Crippen molar-refractivity contribution in [2.45, 2.75) is 40.3 Å². The summed E-state index contributed by atoms with van der Waals surface area (Å²) in [5.74, 6) is -0.612. The van der Waals surface area contributed by atoms with E-state index in [4.69, 9.17) is 0 Å². The SMILES string of the molecule is CCc1ccc(CNC(=O)c2ccc(NC(=O)Cn3c(C)cc(C)c(C#N)c3=O)cc2)cc1. The summed E-state index contributed by atoms with van der Waals surface area (Å²) in [7, 11) is 0. The zero-order chi connectivity index (χ0) is 24.0. The lowest BCUT2D eigenvalue weighted by Gasteiger charge is -2.12. The van der Waals surface area contributed by atoms with Crippen molar-refractivity contribution in [2.24, 2.45) is 0 Å². The van der Waals surface area contributed by atoms with Gasteiger partial charge in [0.2, 0.25) is 5.91 Å². The molecular formula is C26H26N4O3. The maximum atomic E-state index is 12.5. The molecule has 0 fully saturated rings. The van der Waals surface area contributed by atoms with Crippen LogP contribution in [0, 0.1) is 25.2 Å². The first-order valence-corrected chi connectivity index (χ1v) is 10.7. The lowest BCUT2D eigenvalue weighted by atomic mass is 10.1. The summed E-state index contributed by atoms with van der Waals surface area (Å²) in [5, 5.41) is 14.8. The number of anilines is 1. The van der Waals surface area contributed by atoms with Gasteiger partial charge in [-0.15, -0.1) is 0 Å². The summed E-state index contributed by atoms with van der Waals surface area (Å²) in [6.07, 6.45) is 0.970. The van der Waals surface area contributed by atoms with Crippen LogP contribution in [0.1, 0.15) is 45.2 Å². The Morgan fingerprint density at radius 2 is 1.64 bits per heavy atom. The molecular weight excluding hydrogens is 416 g/mol. The zero-order valence-electron chi connectivity index (χ0n) is 18.9. The molecule has 0 saturated heterocycles. The number of aryl methyl sites for hydroxylation is 3. The summed E-state index contributed by atoms with van der Waals surface area (Å²) < 4.78 is 1.27. The van der Waals surface area contributed by atoms with Crippen LogP contribution in [-0.2, 0) is 24.3 Å². The molecule has 0 atom stereocenters. The first kappa shape index (κ1) is 23.5. The molecule has 0 aliphatic rings. The normalized spacial score (nSPS) is 10.4. The van der Waals surface area contributed by atoms with Crippen molar-refractivity contribution >= 4 is 17.5 Å². The van der Waals surface area contributed by atoms with Crippen LogP contribution in [0.4, 0.5) is 5.69 Å². The second-order valence-corrected chi connectivity index (χ2v) is 7.83. The number of nitrogens with zero attached hydrogens (tertiary/aromatic N) is 2. The van der Waals surface area contributed by atoms with Gasteiger partial charge < -0.3 is 15.2 Å². The van der Waals surface area contributed by atoms with E-state index in [2.05, 4.69) is 17.6 Å². The van der Waals surface area contributed by atoms with Gasteiger partial charge in [-0.25, -0.2) is 0 Å². The molecule has 0 unspecified atom stereocenters. The Morgan fingerprint density at radius 1 is 1.00 bits per heavy atom. The third-order valence-corrected chi connectivity index (χ3v) is 5.43. The Hall–Kier alpha value is -4.18. The Kier molecular flexibility index (Phi) is 7.42. The van der Waals surface area contributed by atoms with E-state index in [9.17, 15) is 19.6 Å². The van der Waals surface area contributed by atoms with E-state index in [-0.39, 0.29) is 18.0 Å². The summed E-state index contributed by atoms with van der Waals surface area (Å²) in [6, 6.07) is 18.2. The first-order chi connectivity index (χ1) is 15.8. The van der Waals surface area contributed by atoms with Crippen molar-refractivity contribution in [3.05, 3.63) is 98.5 Å². The van der Waals surface area contributed by atoms with Crippen molar-refractivity contribution in [3.8, 4) is 6.07 Å². The van der Waals surface area contributed by atoms with Gasteiger partial charge in [0.15, 0.2) is 0 Å². The van der Waals surface area contributed by atoms with E-state index < -0.39 is 11.5 Å². The van der Waals surface area contributed by atoms with E-state index in [0.717, 1.165) is 12.0 Å². The van der Waals surface area contributed by atoms with Gasteiger partial charge in [0, 0.05) is 23.5 Å². The lowest BCUT2D eigenvalue weighted by molar-refractivity contribution is -0.116. The van der Waals surface area contributed by atoms with Gasteiger partial charge in [0.1, 0.15) is 18.2 Å². The Bertz CT molecular complexity index is 1270. The van der Waals surface area contributed by atoms with E-state index in [0.29, 0.717) is 29.1 Å². The minimum absolute atomic E-state index is 0.0325. The summed E-state index contributed by atoms with van der Waals surface area (Å²) in [5.41, 5.74) is 3.98. The van der Waals surface area contributed by atoms with Gasteiger partial charge in [-0.3, -0.25) is 14.4 Å². The number of nitriles is 1. The molecule has 2 amide bonds. The fourth-order valence-corrected chi connectivity index (χ4v) is 3.49. The maximum absolute atomic E-state index is 12.5. The molecule has 0 aliphatic carbocycles. The predicted octanol–water partition coefficient (Wildman–Crippen LogP) is 3.47. The summed E-state index contributed by atoms with van der Waals surface area (Å²) >= 11 is 0. The van der Waals surface area contributed by atoms with Crippen LogP contribution in [0.25, 0.3) is 0 Å². The molecule has 7 heteroatoms. The molecule has 2 aromatic carbocycles. The molecule has 2 N–H and O–H groups in total. The van der Waals surface area contributed by atoms with Crippen molar-refractivity contribution in [3.63, 3.8) is 0 Å². The third-order valence-electron chi connectivity index (χ3n) is 5.43. The van der Waals surface area contributed by atoms with Crippen molar-refractivity contribution < 1.29 is 9.59 Å². The van der Waals surface area contributed by atoms with Gasteiger partial charge in [-0.05, 0) is 67.3 Å². The van der Waals surface area contributed by atoms with Crippen LogP contribution >= 0.6 is 0 Å². The van der Waals surface area contributed by atoms with E-state index in [1.54, 1.807) is 44.2 Å². The summed E-state index contributed by atoms with van der Waals surface area (Å²) in [4.78, 5) is 37.3. The van der Waals surface area contributed by atoms with Crippen LogP contribution in [0.2, 0.25) is 0 Å². The number of rotatable bonds is 7. The molecule has 168 valence electrons. The average molecular weight is 443 g/mol. The van der Waals surface area contributed by atoms with Crippen LogP contribution in [0.3, 0.4) is 0 Å². The number of pyridine rings is 1. The second-order valence-electron chi connectivity index (χ2n) is 7.83. The van der Waals surface area contributed by atoms with Gasteiger partial charge >= 0.3 is 0 Å². The number of hydrogen-bond donors (Lipinski definition) is 2. The quantitative estimate of drug-likeness (QED) is 0.585. The highest BCUT2D eigenvalue weighted by atomic mass is 16.2. The number of carbonyl (C=O) groups excluding carboxylic acids is 2. The molecule has 33 heavy (non-hydrogen) atoms. The Balaban J connectivity index is 1.60. The van der Waals surface area contributed by atoms with Crippen molar-refractivity contribution in [1.29, 1.82) is 5.26 Å². The Morgan fingerprint density at radius 3 is 2.24 bits per heavy atom. The third kappa shape index (κ3) is 5.74. The summed E-state index contributed by atoms with van der Waals surface area (Å²) in [6.45, 7) is 5.72. The highest BCUT2D eigenvalue weighted by Gasteiger charge is 2.13. The van der Waals surface area contributed by atoms with Gasteiger partial charge in [0.25, 0.3) is 11.5 Å². The number of aromatic nitrogens is 1. The number of carbonyl (C=O) groups is 2. The minimum atomic E-state index is -0.485. The topological polar surface area (TPSA) is 104 Å². The predicted molar refractivity (Wildman–Crippen MR) is 127 cm³/mol. The first-order valence-electron chi connectivity index (χ1n) is 10.7. The van der Waals surface area contributed by atoms with Crippen LogP contribution in [-0.4, -0.2) is 16.4 Å². The fourth-order valence-electron chi connectivity index (χ4n) is 3.49. The highest BCUT2D eigenvalue weighted by molar-refractivity contribution is 5.95. The minimum Gasteiger partial charge on any atom is -0.348 e. The molecule has 1 aromatic heterocycles. The smallest absolute Gasteiger partial charge is 0.269 e. The highest BCUT2D eigenvalue weighted by Crippen LogP contribution is 2.11. The van der Waals surface area contributed by atoms with Gasteiger partial charge in [-0.2, -0.15) is 5.26 Å². The number of amides is 2. The molecule has 1 heterocycles. The zero-order valence-corrected chi connectivity index (χ0v) is 18.9. The Labute approximate surface area is 192 Å². The van der Waals surface area contributed by atoms with Crippen LogP contribution in [0.5, 0.6) is 0 Å². The molecule has 0 saturated carbocycles. The molecule has 0 radical (unpaired) electrons. The molecule has 0 bridgehead atoms. The average Bonchev–Trinajstić information content (AvgIpc) is 2.81. The van der Waals surface area contributed by atoms with E-state index in [1.807, 2.05) is 30.3 Å².